The number of benzene rings is 1. The molecule has 0 atom stereocenters. The van der Waals surface area contributed by atoms with E-state index in [1.807, 2.05) is 30.6 Å². The average Bonchev–Trinajstić information content (AvgIpc) is 3.04. The Bertz CT molecular complexity index is 705. The molecule has 1 N–H and O–H groups in total. The first-order valence-corrected chi connectivity index (χ1v) is 7.03. The molecule has 0 saturated heterocycles. The summed E-state index contributed by atoms with van der Waals surface area (Å²) in [5.41, 5.74) is 2.20. The molecule has 2 aromatic heterocycles. The maximum absolute atomic E-state index is 4.51. The van der Waals surface area contributed by atoms with Crippen LogP contribution in [-0.2, 0) is 0 Å². The topological polar surface area (TPSA) is 55.6 Å². The van der Waals surface area contributed by atoms with Gasteiger partial charge in [-0.1, -0.05) is 37.3 Å². The Balaban J connectivity index is 1.86. The molecule has 106 valence electrons. The standard InChI is InChI=1S/C16H17N5/c1-2-8-18-15-10-17-11-16(20-15)21-12-14(9-19-21)13-6-4-3-5-7-13/h3-7,9-12H,2,8H2,1H3,(H,18,20). The van der Waals surface area contributed by atoms with Crippen molar-refractivity contribution in [2.75, 3.05) is 11.9 Å². The Morgan fingerprint density at radius 3 is 2.71 bits per heavy atom. The number of anilines is 1. The van der Waals surface area contributed by atoms with Crippen LogP contribution in [0, 0.1) is 0 Å². The molecule has 3 aromatic rings. The molecule has 0 amide bonds. The fourth-order valence-corrected chi connectivity index (χ4v) is 2.03. The van der Waals surface area contributed by atoms with Gasteiger partial charge in [0.25, 0.3) is 0 Å². The molecule has 21 heavy (non-hydrogen) atoms. The largest absolute Gasteiger partial charge is 0.369 e. The van der Waals surface area contributed by atoms with E-state index in [0.717, 1.165) is 29.9 Å². The van der Waals surface area contributed by atoms with Gasteiger partial charge in [0.2, 0.25) is 0 Å². The van der Waals surface area contributed by atoms with Crippen LogP contribution in [0.25, 0.3) is 16.9 Å². The molecule has 5 nitrogen and oxygen atoms in total. The van der Waals surface area contributed by atoms with Crippen LogP contribution >= 0.6 is 0 Å². The van der Waals surface area contributed by atoms with Crippen LogP contribution in [0.4, 0.5) is 5.82 Å². The second kappa shape index (κ2) is 6.17. The number of hydrogen-bond acceptors (Lipinski definition) is 4. The first kappa shape index (κ1) is 13.3. The van der Waals surface area contributed by atoms with Crippen LogP contribution in [-0.4, -0.2) is 26.3 Å². The molecule has 0 radical (unpaired) electrons. The Morgan fingerprint density at radius 2 is 1.90 bits per heavy atom. The van der Waals surface area contributed by atoms with Crippen molar-refractivity contribution in [3.63, 3.8) is 0 Å². The first-order valence-electron chi connectivity index (χ1n) is 7.03. The third kappa shape index (κ3) is 3.08. The SMILES string of the molecule is CCCNc1cncc(-n2cc(-c3ccccc3)cn2)n1. The number of hydrogen-bond donors (Lipinski definition) is 1. The zero-order valence-electron chi connectivity index (χ0n) is 11.9. The normalized spacial score (nSPS) is 10.5. The summed E-state index contributed by atoms with van der Waals surface area (Å²) in [4.78, 5) is 8.72. The van der Waals surface area contributed by atoms with Crippen molar-refractivity contribution < 1.29 is 0 Å². The molecule has 0 aliphatic heterocycles. The molecule has 0 unspecified atom stereocenters. The molecular formula is C16H17N5. The molecule has 0 fully saturated rings. The van der Waals surface area contributed by atoms with E-state index in [4.69, 9.17) is 0 Å². The van der Waals surface area contributed by atoms with E-state index in [0.29, 0.717) is 5.82 Å². The minimum atomic E-state index is 0.707. The Hall–Kier alpha value is -2.69. The third-order valence-electron chi connectivity index (χ3n) is 3.10. The van der Waals surface area contributed by atoms with Crippen molar-refractivity contribution in [1.82, 2.24) is 19.7 Å². The van der Waals surface area contributed by atoms with Gasteiger partial charge >= 0.3 is 0 Å². The van der Waals surface area contributed by atoms with Gasteiger partial charge in [-0.25, -0.2) is 9.67 Å². The number of aromatic nitrogens is 4. The van der Waals surface area contributed by atoms with Gasteiger partial charge in [-0.05, 0) is 12.0 Å². The molecule has 0 aliphatic rings. The molecule has 5 heteroatoms. The second-order valence-corrected chi connectivity index (χ2v) is 4.73. The molecule has 0 spiro atoms. The maximum atomic E-state index is 4.51. The highest BCUT2D eigenvalue weighted by Crippen LogP contribution is 2.19. The smallest absolute Gasteiger partial charge is 0.173 e. The van der Waals surface area contributed by atoms with Gasteiger partial charge in [-0.15, -0.1) is 0 Å². The zero-order chi connectivity index (χ0) is 14.5. The van der Waals surface area contributed by atoms with Crippen LogP contribution in [0.1, 0.15) is 13.3 Å². The van der Waals surface area contributed by atoms with E-state index < -0.39 is 0 Å². The van der Waals surface area contributed by atoms with E-state index in [2.05, 4.69) is 39.4 Å². The molecule has 0 aliphatic carbocycles. The fraction of sp³-hybridized carbons (Fsp3) is 0.188. The minimum Gasteiger partial charge on any atom is -0.369 e. The highest BCUT2D eigenvalue weighted by atomic mass is 15.3. The molecule has 0 bridgehead atoms. The minimum absolute atomic E-state index is 0.707. The number of nitrogens with zero attached hydrogens (tertiary/aromatic N) is 4. The monoisotopic (exact) mass is 279 g/mol. The maximum Gasteiger partial charge on any atom is 0.173 e. The summed E-state index contributed by atoms with van der Waals surface area (Å²) >= 11 is 0. The quantitative estimate of drug-likeness (QED) is 0.779. The lowest BCUT2D eigenvalue weighted by Gasteiger charge is -2.05. The van der Waals surface area contributed by atoms with Gasteiger partial charge in [0, 0.05) is 18.3 Å². The molecule has 1 aromatic carbocycles. The number of nitrogens with one attached hydrogen (secondary N) is 1. The summed E-state index contributed by atoms with van der Waals surface area (Å²) in [6, 6.07) is 10.2. The first-order chi connectivity index (χ1) is 10.4. The van der Waals surface area contributed by atoms with E-state index in [9.17, 15) is 0 Å². The fourth-order valence-electron chi connectivity index (χ4n) is 2.03. The lowest BCUT2D eigenvalue weighted by atomic mass is 10.1. The van der Waals surface area contributed by atoms with Gasteiger partial charge in [0.1, 0.15) is 5.82 Å². The molecule has 2 heterocycles. The predicted molar refractivity (Wildman–Crippen MR) is 83.4 cm³/mol. The van der Waals surface area contributed by atoms with Gasteiger partial charge in [-0.2, -0.15) is 5.10 Å². The summed E-state index contributed by atoms with van der Waals surface area (Å²) in [6.07, 6.45) is 8.28. The lowest BCUT2D eigenvalue weighted by Crippen LogP contribution is -2.05. The van der Waals surface area contributed by atoms with E-state index >= 15 is 0 Å². The summed E-state index contributed by atoms with van der Waals surface area (Å²) in [7, 11) is 0. The van der Waals surface area contributed by atoms with Gasteiger partial charge in [0.05, 0.1) is 18.6 Å². The zero-order valence-corrected chi connectivity index (χ0v) is 11.9. The predicted octanol–water partition coefficient (Wildman–Crippen LogP) is 3.15. The van der Waals surface area contributed by atoms with Crippen LogP contribution in [0.2, 0.25) is 0 Å². The van der Waals surface area contributed by atoms with E-state index in [-0.39, 0.29) is 0 Å². The van der Waals surface area contributed by atoms with Gasteiger partial charge in [0.15, 0.2) is 5.82 Å². The average molecular weight is 279 g/mol. The van der Waals surface area contributed by atoms with Crippen molar-refractivity contribution >= 4 is 5.82 Å². The number of rotatable bonds is 5. The van der Waals surface area contributed by atoms with Crippen LogP contribution in [0.15, 0.2) is 55.1 Å². The summed E-state index contributed by atoms with van der Waals surface area (Å²) < 4.78 is 1.74. The van der Waals surface area contributed by atoms with Crippen molar-refractivity contribution in [3.05, 3.63) is 55.1 Å². The molecular weight excluding hydrogens is 262 g/mol. The van der Waals surface area contributed by atoms with Crippen LogP contribution in [0.3, 0.4) is 0 Å². The molecule has 0 saturated carbocycles. The van der Waals surface area contributed by atoms with Crippen LogP contribution in [0.5, 0.6) is 0 Å². The van der Waals surface area contributed by atoms with E-state index in [1.54, 1.807) is 17.1 Å². The van der Waals surface area contributed by atoms with E-state index in [1.165, 1.54) is 0 Å². The summed E-state index contributed by atoms with van der Waals surface area (Å²) in [5, 5.41) is 7.60. The highest BCUT2D eigenvalue weighted by molar-refractivity contribution is 5.61. The Labute approximate surface area is 123 Å². The van der Waals surface area contributed by atoms with Crippen molar-refractivity contribution in [1.29, 1.82) is 0 Å². The lowest BCUT2D eigenvalue weighted by molar-refractivity contribution is 0.836. The Morgan fingerprint density at radius 1 is 1.05 bits per heavy atom. The van der Waals surface area contributed by atoms with Crippen molar-refractivity contribution in [3.8, 4) is 16.9 Å². The highest BCUT2D eigenvalue weighted by Gasteiger charge is 2.05. The van der Waals surface area contributed by atoms with Gasteiger partial charge in [-0.3, -0.25) is 4.98 Å². The third-order valence-corrected chi connectivity index (χ3v) is 3.10. The molecule has 3 rings (SSSR count). The summed E-state index contributed by atoms with van der Waals surface area (Å²) in [5.74, 6) is 1.48. The van der Waals surface area contributed by atoms with Crippen molar-refractivity contribution in [2.45, 2.75) is 13.3 Å². The summed E-state index contributed by atoms with van der Waals surface area (Å²) in [6.45, 7) is 3.00. The van der Waals surface area contributed by atoms with Crippen molar-refractivity contribution in [2.24, 2.45) is 0 Å². The van der Waals surface area contributed by atoms with Crippen LogP contribution < -0.4 is 5.32 Å². The van der Waals surface area contributed by atoms with Gasteiger partial charge < -0.3 is 5.32 Å². The second-order valence-electron chi connectivity index (χ2n) is 4.73. The Kier molecular flexibility index (Phi) is 3.91.